The van der Waals surface area contributed by atoms with Gasteiger partial charge in [-0.1, -0.05) is 31.2 Å². The number of amides is 3. The molecule has 1 aliphatic carbocycles. The molecule has 0 heterocycles. The number of carbonyl (C=O) groups is 2. The maximum atomic E-state index is 11.5. The Kier molecular flexibility index (Phi) is 5.33. The Bertz CT molecular complexity index is 495. The van der Waals surface area contributed by atoms with Gasteiger partial charge in [0, 0.05) is 25.6 Å². The Morgan fingerprint density at radius 1 is 1.24 bits per heavy atom. The van der Waals surface area contributed by atoms with Crippen LogP contribution in [0, 0.1) is 0 Å². The van der Waals surface area contributed by atoms with Gasteiger partial charge in [0.1, 0.15) is 0 Å². The topological polar surface area (TPSA) is 75.4 Å². The molecular formula is C16H23N3O2. The number of nitrogens with zero attached hydrogens (tertiary/aromatic N) is 1. The quantitative estimate of drug-likeness (QED) is 0.803. The normalized spacial score (nSPS) is 14.2. The molecule has 0 spiro atoms. The Morgan fingerprint density at radius 2 is 1.86 bits per heavy atom. The molecule has 0 aliphatic heterocycles. The first-order valence-corrected chi connectivity index (χ1v) is 7.49. The first-order chi connectivity index (χ1) is 10.1. The van der Waals surface area contributed by atoms with Crippen LogP contribution in [0.1, 0.15) is 37.3 Å². The molecule has 114 valence electrons. The summed E-state index contributed by atoms with van der Waals surface area (Å²) in [4.78, 5) is 24.4. The van der Waals surface area contributed by atoms with Crippen LogP contribution < -0.4 is 11.1 Å². The summed E-state index contributed by atoms with van der Waals surface area (Å²) in [5.41, 5.74) is 7.53. The molecule has 21 heavy (non-hydrogen) atoms. The number of nitrogens with two attached hydrogens (primary N) is 1. The van der Waals surface area contributed by atoms with E-state index in [0.29, 0.717) is 19.0 Å². The van der Waals surface area contributed by atoms with Gasteiger partial charge in [0.2, 0.25) is 5.91 Å². The van der Waals surface area contributed by atoms with Gasteiger partial charge in [-0.3, -0.25) is 15.0 Å². The van der Waals surface area contributed by atoms with Crippen molar-refractivity contribution in [2.75, 3.05) is 6.54 Å². The molecule has 1 fully saturated rings. The third kappa shape index (κ3) is 5.19. The zero-order chi connectivity index (χ0) is 15.2. The first kappa shape index (κ1) is 15.5. The SMILES string of the molecule is CCc1ccc(CN(CCC(=O)NC(N)=O)C2CC2)cc1. The Labute approximate surface area is 125 Å². The van der Waals surface area contributed by atoms with Crippen LogP contribution in [0.15, 0.2) is 24.3 Å². The lowest BCUT2D eigenvalue weighted by Crippen LogP contribution is -2.37. The molecule has 3 amide bonds. The van der Waals surface area contributed by atoms with E-state index in [1.807, 2.05) is 0 Å². The fourth-order valence-corrected chi connectivity index (χ4v) is 2.39. The summed E-state index contributed by atoms with van der Waals surface area (Å²) in [7, 11) is 0. The lowest BCUT2D eigenvalue weighted by Gasteiger charge is -2.21. The molecule has 0 bridgehead atoms. The molecule has 0 aromatic heterocycles. The van der Waals surface area contributed by atoms with Gasteiger partial charge in [-0.15, -0.1) is 0 Å². The second kappa shape index (κ2) is 7.22. The largest absolute Gasteiger partial charge is 0.351 e. The van der Waals surface area contributed by atoms with Crippen LogP contribution in [0.25, 0.3) is 0 Å². The van der Waals surface area contributed by atoms with E-state index in [2.05, 4.69) is 41.4 Å². The van der Waals surface area contributed by atoms with Gasteiger partial charge >= 0.3 is 6.03 Å². The highest BCUT2D eigenvalue weighted by atomic mass is 16.2. The molecule has 5 heteroatoms. The molecule has 1 aromatic carbocycles. The molecule has 0 radical (unpaired) electrons. The molecule has 0 unspecified atom stereocenters. The maximum absolute atomic E-state index is 11.5. The summed E-state index contributed by atoms with van der Waals surface area (Å²) < 4.78 is 0. The predicted octanol–water partition coefficient (Wildman–Crippen LogP) is 1.80. The zero-order valence-corrected chi connectivity index (χ0v) is 12.5. The summed E-state index contributed by atoms with van der Waals surface area (Å²) in [6.45, 7) is 3.64. The van der Waals surface area contributed by atoms with Crippen LogP contribution in [-0.4, -0.2) is 29.4 Å². The summed E-state index contributed by atoms with van der Waals surface area (Å²) >= 11 is 0. The molecule has 0 atom stereocenters. The lowest BCUT2D eigenvalue weighted by atomic mass is 10.1. The average Bonchev–Trinajstić information content (AvgIpc) is 3.28. The molecule has 5 nitrogen and oxygen atoms in total. The molecule has 0 saturated heterocycles. The van der Waals surface area contributed by atoms with Crippen molar-refractivity contribution in [3.63, 3.8) is 0 Å². The number of primary amides is 1. The number of hydrogen-bond acceptors (Lipinski definition) is 3. The number of nitrogens with one attached hydrogen (secondary N) is 1. The maximum Gasteiger partial charge on any atom is 0.318 e. The van der Waals surface area contributed by atoms with Gasteiger partial charge in [-0.2, -0.15) is 0 Å². The first-order valence-electron chi connectivity index (χ1n) is 7.49. The van der Waals surface area contributed by atoms with Crippen molar-refractivity contribution in [2.45, 2.75) is 45.2 Å². The Hall–Kier alpha value is -1.88. The van der Waals surface area contributed by atoms with Crippen LogP contribution in [0.5, 0.6) is 0 Å². The molecule has 1 aliphatic rings. The zero-order valence-electron chi connectivity index (χ0n) is 12.5. The monoisotopic (exact) mass is 289 g/mol. The van der Waals surface area contributed by atoms with Crippen LogP contribution in [0.4, 0.5) is 4.79 Å². The minimum Gasteiger partial charge on any atom is -0.351 e. The van der Waals surface area contributed by atoms with Gasteiger partial charge in [0.05, 0.1) is 0 Å². The van der Waals surface area contributed by atoms with Crippen LogP contribution in [0.2, 0.25) is 0 Å². The van der Waals surface area contributed by atoms with Gasteiger partial charge in [-0.25, -0.2) is 4.79 Å². The van der Waals surface area contributed by atoms with E-state index in [1.165, 1.54) is 24.0 Å². The van der Waals surface area contributed by atoms with Crippen molar-refractivity contribution >= 4 is 11.9 Å². The Morgan fingerprint density at radius 3 is 2.38 bits per heavy atom. The fraction of sp³-hybridized carbons (Fsp3) is 0.500. The third-order valence-corrected chi connectivity index (χ3v) is 3.77. The number of benzene rings is 1. The summed E-state index contributed by atoms with van der Waals surface area (Å²) in [5.74, 6) is -0.311. The molecular weight excluding hydrogens is 266 g/mol. The summed E-state index contributed by atoms with van der Waals surface area (Å²) in [6.07, 6.45) is 3.71. The van der Waals surface area contributed by atoms with E-state index in [4.69, 9.17) is 5.73 Å². The van der Waals surface area contributed by atoms with E-state index in [-0.39, 0.29) is 5.91 Å². The van der Waals surface area contributed by atoms with E-state index in [1.54, 1.807) is 0 Å². The van der Waals surface area contributed by atoms with Gasteiger partial charge in [0.15, 0.2) is 0 Å². The number of hydrogen-bond donors (Lipinski definition) is 2. The number of urea groups is 1. The minimum absolute atomic E-state index is 0.298. The number of rotatable bonds is 7. The van der Waals surface area contributed by atoms with Gasteiger partial charge in [0.25, 0.3) is 0 Å². The highest BCUT2D eigenvalue weighted by molar-refractivity contribution is 5.93. The Balaban J connectivity index is 1.86. The van der Waals surface area contributed by atoms with Crippen LogP contribution in [-0.2, 0) is 17.8 Å². The van der Waals surface area contributed by atoms with E-state index in [0.717, 1.165) is 13.0 Å². The van der Waals surface area contributed by atoms with Crippen LogP contribution >= 0.6 is 0 Å². The third-order valence-electron chi connectivity index (χ3n) is 3.77. The summed E-state index contributed by atoms with van der Waals surface area (Å²) in [5, 5.41) is 2.11. The minimum atomic E-state index is -0.784. The van der Waals surface area contributed by atoms with Crippen molar-refractivity contribution in [2.24, 2.45) is 5.73 Å². The predicted molar refractivity (Wildman–Crippen MR) is 81.6 cm³/mol. The van der Waals surface area contributed by atoms with Crippen molar-refractivity contribution < 1.29 is 9.59 Å². The smallest absolute Gasteiger partial charge is 0.318 e. The van der Waals surface area contributed by atoms with Crippen molar-refractivity contribution in [1.82, 2.24) is 10.2 Å². The lowest BCUT2D eigenvalue weighted by molar-refractivity contribution is -0.120. The number of imide groups is 1. The second-order valence-corrected chi connectivity index (χ2v) is 5.53. The second-order valence-electron chi connectivity index (χ2n) is 5.53. The average molecular weight is 289 g/mol. The van der Waals surface area contributed by atoms with E-state index in [9.17, 15) is 9.59 Å². The highest BCUT2D eigenvalue weighted by Gasteiger charge is 2.29. The van der Waals surface area contributed by atoms with Crippen molar-refractivity contribution in [1.29, 1.82) is 0 Å². The van der Waals surface area contributed by atoms with Gasteiger partial charge in [-0.05, 0) is 30.4 Å². The van der Waals surface area contributed by atoms with Crippen LogP contribution in [0.3, 0.4) is 0 Å². The van der Waals surface area contributed by atoms with E-state index >= 15 is 0 Å². The van der Waals surface area contributed by atoms with Crippen molar-refractivity contribution in [3.8, 4) is 0 Å². The van der Waals surface area contributed by atoms with Gasteiger partial charge < -0.3 is 5.73 Å². The molecule has 2 rings (SSSR count). The molecule has 1 saturated carbocycles. The molecule has 1 aromatic rings. The number of carbonyl (C=O) groups excluding carboxylic acids is 2. The van der Waals surface area contributed by atoms with E-state index < -0.39 is 6.03 Å². The summed E-state index contributed by atoms with van der Waals surface area (Å²) in [6, 6.07) is 8.39. The standard InChI is InChI=1S/C16H23N3O2/c1-2-12-3-5-13(6-4-12)11-19(14-7-8-14)10-9-15(20)18-16(17)21/h3-6,14H,2,7-11H2,1H3,(H3,17,18,20,21). The number of aryl methyl sites for hydroxylation is 1. The highest BCUT2D eigenvalue weighted by Crippen LogP contribution is 2.28. The van der Waals surface area contributed by atoms with Crippen molar-refractivity contribution in [3.05, 3.63) is 35.4 Å². The molecule has 3 N–H and O–H groups in total. The fourth-order valence-electron chi connectivity index (χ4n) is 2.39.